The molecule has 3 aromatic carbocycles. The fourth-order valence-electron chi connectivity index (χ4n) is 3.70. The molecule has 0 saturated carbocycles. The van der Waals surface area contributed by atoms with Crippen LogP contribution in [0.2, 0.25) is 0 Å². The highest BCUT2D eigenvalue weighted by molar-refractivity contribution is 7.16. The van der Waals surface area contributed by atoms with Crippen LogP contribution in [0.5, 0.6) is 0 Å². The molecule has 0 aliphatic carbocycles. The Morgan fingerprint density at radius 2 is 1.54 bits per heavy atom. The highest BCUT2D eigenvalue weighted by atomic mass is 32.1. The third-order valence-electron chi connectivity index (χ3n) is 5.05. The van der Waals surface area contributed by atoms with E-state index in [1.165, 1.54) is 26.8 Å². The summed E-state index contributed by atoms with van der Waals surface area (Å²) in [5.74, 6) is 0.877. The Hall–Kier alpha value is -2.78. The summed E-state index contributed by atoms with van der Waals surface area (Å²) in [6.07, 6.45) is 0. The third kappa shape index (κ3) is 2.24. The summed E-state index contributed by atoms with van der Waals surface area (Å²) in [4.78, 5) is 11.1. The SMILES string of the molecule is CC1(C)C(c2ccccc2)=Nc2nc(-c3cccc4ccccc34)sc21. The fourth-order valence-corrected chi connectivity index (χ4v) is 4.84. The Balaban J connectivity index is 1.66. The van der Waals surface area contributed by atoms with E-state index in [4.69, 9.17) is 9.98 Å². The van der Waals surface area contributed by atoms with Crippen LogP contribution in [0.25, 0.3) is 21.3 Å². The average molecular weight is 354 g/mol. The maximum Gasteiger partial charge on any atom is 0.168 e. The summed E-state index contributed by atoms with van der Waals surface area (Å²) in [6, 6.07) is 25.3. The van der Waals surface area contributed by atoms with Gasteiger partial charge in [-0.1, -0.05) is 72.8 Å². The summed E-state index contributed by atoms with van der Waals surface area (Å²) < 4.78 is 0. The van der Waals surface area contributed by atoms with Crippen molar-refractivity contribution in [2.45, 2.75) is 19.3 Å². The monoisotopic (exact) mass is 354 g/mol. The number of aliphatic imine (C=N–C) groups is 1. The van der Waals surface area contributed by atoms with E-state index in [0.29, 0.717) is 0 Å². The second kappa shape index (κ2) is 5.61. The molecule has 1 aliphatic heterocycles. The number of hydrogen-bond acceptors (Lipinski definition) is 3. The van der Waals surface area contributed by atoms with Crippen LogP contribution in [-0.4, -0.2) is 10.7 Å². The van der Waals surface area contributed by atoms with Gasteiger partial charge in [0.25, 0.3) is 0 Å². The predicted octanol–water partition coefficient (Wildman–Crippen LogP) is 6.38. The smallest absolute Gasteiger partial charge is 0.168 e. The quantitative estimate of drug-likeness (QED) is 0.410. The van der Waals surface area contributed by atoms with Gasteiger partial charge in [0.15, 0.2) is 5.82 Å². The Kier molecular flexibility index (Phi) is 3.34. The zero-order chi connectivity index (χ0) is 17.7. The van der Waals surface area contributed by atoms with Gasteiger partial charge in [0, 0.05) is 11.0 Å². The first kappa shape index (κ1) is 15.5. The minimum absolute atomic E-state index is 0.128. The number of fused-ring (bicyclic) bond motifs is 2. The van der Waals surface area contributed by atoms with E-state index in [0.717, 1.165) is 16.5 Å². The van der Waals surface area contributed by atoms with Crippen molar-refractivity contribution in [3.63, 3.8) is 0 Å². The van der Waals surface area contributed by atoms with Crippen molar-refractivity contribution in [2.24, 2.45) is 4.99 Å². The topological polar surface area (TPSA) is 25.2 Å². The van der Waals surface area contributed by atoms with Crippen molar-refractivity contribution in [2.75, 3.05) is 0 Å². The molecule has 0 bridgehead atoms. The molecule has 0 spiro atoms. The van der Waals surface area contributed by atoms with Gasteiger partial charge in [-0.05, 0) is 30.2 Å². The average Bonchev–Trinajstić information content (AvgIpc) is 3.20. The minimum atomic E-state index is -0.128. The molecule has 1 aromatic heterocycles. The van der Waals surface area contributed by atoms with Crippen LogP contribution < -0.4 is 0 Å². The molecule has 1 aliphatic rings. The first-order chi connectivity index (χ1) is 12.6. The molecule has 0 saturated heterocycles. The number of rotatable bonds is 2. The summed E-state index contributed by atoms with van der Waals surface area (Å²) in [5.41, 5.74) is 3.34. The van der Waals surface area contributed by atoms with Crippen LogP contribution in [0.1, 0.15) is 24.3 Å². The Bertz CT molecular complexity index is 1150. The molecule has 0 unspecified atom stereocenters. The fraction of sp³-hybridized carbons (Fsp3) is 0.130. The van der Waals surface area contributed by atoms with Crippen LogP contribution in [0.4, 0.5) is 5.82 Å². The van der Waals surface area contributed by atoms with Crippen molar-refractivity contribution in [1.29, 1.82) is 0 Å². The van der Waals surface area contributed by atoms with Gasteiger partial charge in [-0.3, -0.25) is 0 Å². The van der Waals surface area contributed by atoms with Crippen molar-refractivity contribution >= 4 is 33.6 Å². The van der Waals surface area contributed by atoms with E-state index < -0.39 is 0 Å². The second-order valence-corrected chi connectivity index (χ2v) is 8.15. The van der Waals surface area contributed by atoms with Crippen molar-refractivity contribution < 1.29 is 0 Å². The number of aromatic nitrogens is 1. The first-order valence-electron chi connectivity index (χ1n) is 8.78. The summed E-state index contributed by atoms with van der Waals surface area (Å²) in [6.45, 7) is 4.49. The lowest BCUT2D eigenvalue weighted by molar-refractivity contribution is 0.753. The largest absolute Gasteiger partial charge is 0.231 e. The van der Waals surface area contributed by atoms with Gasteiger partial charge in [0.2, 0.25) is 0 Å². The van der Waals surface area contributed by atoms with Crippen molar-refractivity contribution in [3.8, 4) is 10.6 Å². The summed E-state index contributed by atoms with van der Waals surface area (Å²) >= 11 is 1.77. The molecule has 3 heteroatoms. The molecule has 26 heavy (non-hydrogen) atoms. The maximum absolute atomic E-state index is 4.92. The minimum Gasteiger partial charge on any atom is -0.231 e. The number of thiazole rings is 1. The van der Waals surface area contributed by atoms with Crippen LogP contribution in [-0.2, 0) is 5.41 Å². The number of nitrogens with zero attached hydrogens (tertiary/aromatic N) is 2. The van der Waals surface area contributed by atoms with Gasteiger partial charge in [-0.15, -0.1) is 11.3 Å². The van der Waals surface area contributed by atoms with Gasteiger partial charge < -0.3 is 0 Å². The maximum atomic E-state index is 4.92. The van der Waals surface area contributed by atoms with Crippen LogP contribution in [0, 0.1) is 0 Å². The zero-order valence-electron chi connectivity index (χ0n) is 14.7. The van der Waals surface area contributed by atoms with E-state index in [-0.39, 0.29) is 5.41 Å². The van der Waals surface area contributed by atoms with Gasteiger partial charge in [-0.25, -0.2) is 9.98 Å². The Labute approximate surface area is 156 Å². The summed E-state index contributed by atoms with van der Waals surface area (Å²) in [5, 5.41) is 3.54. The highest BCUT2D eigenvalue weighted by Crippen LogP contribution is 2.47. The molecule has 2 nitrogen and oxygen atoms in total. The van der Waals surface area contributed by atoms with E-state index in [1.807, 2.05) is 6.07 Å². The zero-order valence-corrected chi connectivity index (χ0v) is 15.5. The molecule has 2 heterocycles. The molecule has 0 N–H and O–H groups in total. The van der Waals surface area contributed by atoms with E-state index in [1.54, 1.807) is 11.3 Å². The Morgan fingerprint density at radius 3 is 2.35 bits per heavy atom. The first-order valence-corrected chi connectivity index (χ1v) is 9.60. The van der Waals surface area contributed by atoms with Crippen molar-refractivity contribution in [1.82, 2.24) is 4.98 Å². The van der Waals surface area contributed by atoms with Crippen molar-refractivity contribution in [3.05, 3.63) is 83.2 Å². The lowest BCUT2D eigenvalue weighted by Crippen LogP contribution is -2.25. The van der Waals surface area contributed by atoms with E-state index >= 15 is 0 Å². The summed E-state index contributed by atoms with van der Waals surface area (Å²) in [7, 11) is 0. The third-order valence-corrected chi connectivity index (χ3v) is 6.46. The lowest BCUT2D eigenvalue weighted by Gasteiger charge is -2.20. The van der Waals surface area contributed by atoms with Gasteiger partial charge in [0.1, 0.15) is 5.01 Å². The molecule has 0 atom stereocenters. The van der Waals surface area contributed by atoms with Crippen LogP contribution >= 0.6 is 11.3 Å². The highest BCUT2D eigenvalue weighted by Gasteiger charge is 2.39. The molecular weight excluding hydrogens is 336 g/mol. The standard InChI is InChI=1S/C23H18N2S/c1-23(2)19(16-10-4-3-5-11-16)24-21-20(23)26-22(25-21)18-14-8-12-15-9-6-7-13-17(15)18/h3-14H,1-2H3. The molecule has 126 valence electrons. The molecule has 5 rings (SSSR count). The lowest BCUT2D eigenvalue weighted by atomic mass is 9.84. The molecule has 4 aromatic rings. The molecule has 0 fully saturated rings. The normalized spacial score (nSPS) is 15.1. The van der Waals surface area contributed by atoms with E-state index in [2.05, 4.69) is 80.6 Å². The van der Waals surface area contributed by atoms with Gasteiger partial charge >= 0.3 is 0 Å². The van der Waals surface area contributed by atoms with Gasteiger partial charge in [0.05, 0.1) is 10.6 Å². The second-order valence-electron chi connectivity index (χ2n) is 7.15. The van der Waals surface area contributed by atoms with E-state index in [9.17, 15) is 0 Å². The van der Waals surface area contributed by atoms with Gasteiger partial charge in [-0.2, -0.15) is 0 Å². The van der Waals surface area contributed by atoms with Crippen LogP contribution in [0.15, 0.2) is 77.8 Å². The predicted molar refractivity (Wildman–Crippen MR) is 111 cm³/mol. The molecule has 0 radical (unpaired) electrons. The van der Waals surface area contributed by atoms with Crippen LogP contribution in [0.3, 0.4) is 0 Å². The molecular formula is C23H18N2S. The Morgan fingerprint density at radius 1 is 0.808 bits per heavy atom. The number of hydrogen-bond donors (Lipinski definition) is 0. The number of benzene rings is 3. The molecule has 0 amide bonds.